The second-order valence-corrected chi connectivity index (χ2v) is 7.67. The zero-order valence-electron chi connectivity index (χ0n) is 11.6. The maximum absolute atomic E-state index is 12.8. The largest absolute Gasteiger partial charge is 0.465 e. The Hall–Kier alpha value is -1.13. The highest BCUT2D eigenvalue weighted by molar-refractivity contribution is 7.89. The van der Waals surface area contributed by atoms with E-state index in [1.54, 1.807) is 0 Å². The van der Waals surface area contributed by atoms with Crippen molar-refractivity contribution < 1.29 is 31.1 Å². The molecule has 0 N–H and O–H groups in total. The highest BCUT2D eigenvalue weighted by Gasteiger charge is 2.45. The lowest BCUT2D eigenvalue weighted by Crippen LogP contribution is -2.44. The third kappa shape index (κ3) is 3.28. The number of halogens is 3. The number of carbonyl (C=O) groups excluding carboxylic acids is 1. The van der Waals surface area contributed by atoms with Crippen molar-refractivity contribution in [2.75, 3.05) is 20.2 Å². The van der Waals surface area contributed by atoms with Crippen LogP contribution in [0.5, 0.6) is 0 Å². The molecule has 0 saturated carbocycles. The number of thiophene rings is 1. The fourth-order valence-corrected chi connectivity index (χ4v) is 5.14. The van der Waals surface area contributed by atoms with Gasteiger partial charge in [0.05, 0.1) is 13.0 Å². The van der Waals surface area contributed by atoms with Crippen LogP contribution in [0.25, 0.3) is 0 Å². The highest BCUT2D eigenvalue weighted by atomic mass is 32.2. The van der Waals surface area contributed by atoms with Crippen LogP contribution in [-0.2, 0) is 14.8 Å². The summed E-state index contributed by atoms with van der Waals surface area (Å²) >= 11 is 0.877. The second kappa shape index (κ2) is 6.17. The average Bonchev–Trinajstić information content (AvgIpc) is 2.96. The predicted molar refractivity (Wildman–Crippen MR) is 73.2 cm³/mol. The van der Waals surface area contributed by atoms with Crippen LogP contribution in [0.15, 0.2) is 16.3 Å². The normalized spacial score (nSPS) is 20.8. The predicted octanol–water partition coefficient (Wildman–Crippen LogP) is 2.50. The molecule has 124 valence electrons. The van der Waals surface area contributed by atoms with E-state index in [0.717, 1.165) is 22.8 Å². The molecule has 0 spiro atoms. The summed E-state index contributed by atoms with van der Waals surface area (Å²) in [5.74, 6) is -2.51. The molecule has 1 aromatic heterocycles. The van der Waals surface area contributed by atoms with Crippen LogP contribution in [0, 0.1) is 5.92 Å². The summed E-state index contributed by atoms with van der Waals surface area (Å²) in [6.07, 6.45) is -4.40. The molecule has 1 saturated heterocycles. The summed E-state index contributed by atoms with van der Waals surface area (Å²) in [6, 6.07) is 1.21. The van der Waals surface area contributed by atoms with E-state index in [1.165, 1.54) is 11.4 Å². The Morgan fingerprint density at radius 2 is 2.14 bits per heavy atom. The first-order chi connectivity index (χ1) is 10.2. The standard InChI is InChI=1S/C12H14F3NO4S2/c1-20-11(17)10-9(4-6-21-10)22(18,19)16-5-2-3-8(7-16)12(13,14)15/h4,6,8H,2-3,5,7H2,1H3. The molecule has 10 heteroatoms. The molecule has 5 nitrogen and oxygen atoms in total. The topological polar surface area (TPSA) is 63.7 Å². The van der Waals surface area contributed by atoms with Crippen molar-refractivity contribution in [3.8, 4) is 0 Å². The lowest BCUT2D eigenvalue weighted by molar-refractivity contribution is -0.182. The van der Waals surface area contributed by atoms with Crippen LogP contribution < -0.4 is 0 Å². The maximum Gasteiger partial charge on any atom is 0.393 e. The third-order valence-electron chi connectivity index (χ3n) is 3.46. The number of sulfonamides is 1. The van der Waals surface area contributed by atoms with Gasteiger partial charge in [0.15, 0.2) is 0 Å². The molecule has 1 unspecified atom stereocenters. The zero-order valence-corrected chi connectivity index (χ0v) is 13.2. The van der Waals surface area contributed by atoms with E-state index >= 15 is 0 Å². The molecule has 22 heavy (non-hydrogen) atoms. The number of piperidine rings is 1. The van der Waals surface area contributed by atoms with Crippen molar-refractivity contribution >= 4 is 27.3 Å². The van der Waals surface area contributed by atoms with Gasteiger partial charge in [-0.15, -0.1) is 11.3 Å². The number of nitrogens with zero attached hydrogens (tertiary/aromatic N) is 1. The van der Waals surface area contributed by atoms with Gasteiger partial charge in [0.2, 0.25) is 10.0 Å². The van der Waals surface area contributed by atoms with Crippen molar-refractivity contribution in [1.29, 1.82) is 0 Å². The van der Waals surface area contributed by atoms with Gasteiger partial charge in [0, 0.05) is 13.1 Å². The lowest BCUT2D eigenvalue weighted by atomic mass is 9.99. The Balaban J connectivity index is 2.31. The number of carbonyl (C=O) groups is 1. The van der Waals surface area contributed by atoms with Crippen LogP contribution >= 0.6 is 11.3 Å². The molecule has 1 atom stereocenters. The van der Waals surface area contributed by atoms with Gasteiger partial charge in [-0.2, -0.15) is 17.5 Å². The first kappa shape index (κ1) is 17.2. The monoisotopic (exact) mass is 357 g/mol. The van der Waals surface area contributed by atoms with Gasteiger partial charge in [0.1, 0.15) is 9.77 Å². The first-order valence-electron chi connectivity index (χ1n) is 6.40. The van der Waals surface area contributed by atoms with Gasteiger partial charge >= 0.3 is 12.1 Å². The van der Waals surface area contributed by atoms with Crippen LogP contribution in [-0.4, -0.2) is 45.1 Å². The van der Waals surface area contributed by atoms with Crippen LogP contribution in [0.3, 0.4) is 0 Å². The molecule has 1 aromatic rings. The molecule has 2 rings (SSSR count). The Labute approximate surface area is 129 Å². The SMILES string of the molecule is COC(=O)c1sccc1S(=O)(=O)N1CCCC(C(F)(F)F)C1. The lowest BCUT2D eigenvalue weighted by Gasteiger charge is -2.32. The molecule has 0 amide bonds. The van der Waals surface area contributed by atoms with Crippen molar-refractivity contribution in [2.24, 2.45) is 5.92 Å². The van der Waals surface area contributed by atoms with Gasteiger partial charge in [-0.25, -0.2) is 13.2 Å². The zero-order chi connectivity index (χ0) is 16.5. The summed E-state index contributed by atoms with van der Waals surface area (Å²) < 4.78 is 68.8. The van der Waals surface area contributed by atoms with Gasteiger partial charge in [0.25, 0.3) is 0 Å². The summed E-state index contributed by atoms with van der Waals surface area (Å²) in [7, 11) is -3.04. The van der Waals surface area contributed by atoms with E-state index in [-0.39, 0.29) is 29.2 Å². The summed E-state index contributed by atoms with van der Waals surface area (Å²) in [4.78, 5) is 11.1. The van der Waals surface area contributed by atoms with Gasteiger partial charge in [-0.3, -0.25) is 0 Å². The Bertz CT molecular complexity index is 654. The molecule has 0 radical (unpaired) electrons. The summed E-state index contributed by atoms with van der Waals surface area (Å²) in [6.45, 7) is -0.617. The Morgan fingerprint density at radius 1 is 1.45 bits per heavy atom. The maximum atomic E-state index is 12.8. The minimum absolute atomic E-state index is 0.00533. The Morgan fingerprint density at radius 3 is 2.73 bits per heavy atom. The van der Waals surface area contributed by atoms with Crippen molar-refractivity contribution in [3.05, 3.63) is 16.3 Å². The van der Waals surface area contributed by atoms with E-state index in [0.29, 0.717) is 0 Å². The second-order valence-electron chi connectivity index (χ2n) is 4.85. The first-order valence-corrected chi connectivity index (χ1v) is 8.72. The number of esters is 1. The van der Waals surface area contributed by atoms with Crippen LogP contribution in [0.4, 0.5) is 13.2 Å². The number of hydrogen-bond donors (Lipinski definition) is 0. The molecule has 1 aliphatic rings. The minimum atomic E-state index is -4.44. The summed E-state index contributed by atoms with van der Waals surface area (Å²) in [5, 5.41) is 1.39. The molecule has 0 aromatic carbocycles. The smallest absolute Gasteiger partial charge is 0.393 e. The van der Waals surface area contributed by atoms with Crippen molar-refractivity contribution in [1.82, 2.24) is 4.31 Å². The third-order valence-corrected chi connectivity index (χ3v) is 6.40. The molecule has 0 aliphatic carbocycles. The molecular formula is C12H14F3NO4S2. The van der Waals surface area contributed by atoms with Gasteiger partial charge in [-0.05, 0) is 24.3 Å². The van der Waals surface area contributed by atoms with E-state index in [9.17, 15) is 26.4 Å². The number of hydrogen-bond acceptors (Lipinski definition) is 5. The molecule has 0 bridgehead atoms. The average molecular weight is 357 g/mol. The number of rotatable bonds is 3. The molecule has 1 aliphatic heterocycles. The minimum Gasteiger partial charge on any atom is -0.465 e. The highest BCUT2D eigenvalue weighted by Crippen LogP contribution is 2.36. The van der Waals surface area contributed by atoms with E-state index < -0.39 is 34.6 Å². The van der Waals surface area contributed by atoms with Gasteiger partial charge in [-0.1, -0.05) is 0 Å². The van der Waals surface area contributed by atoms with E-state index in [1.807, 2.05) is 0 Å². The molecular weight excluding hydrogens is 343 g/mol. The fourth-order valence-electron chi connectivity index (χ4n) is 2.31. The number of ether oxygens (including phenoxy) is 1. The summed E-state index contributed by atoms with van der Waals surface area (Å²) in [5.41, 5.74) is 0. The quantitative estimate of drug-likeness (QED) is 0.780. The number of methoxy groups -OCH3 is 1. The number of alkyl halides is 3. The molecule has 1 fully saturated rings. The van der Waals surface area contributed by atoms with E-state index in [2.05, 4.69) is 4.74 Å². The van der Waals surface area contributed by atoms with Crippen LogP contribution in [0.2, 0.25) is 0 Å². The Kier molecular flexibility index (Phi) is 4.83. The van der Waals surface area contributed by atoms with Crippen molar-refractivity contribution in [3.63, 3.8) is 0 Å². The fraction of sp³-hybridized carbons (Fsp3) is 0.583. The van der Waals surface area contributed by atoms with Crippen LogP contribution in [0.1, 0.15) is 22.5 Å². The molecule has 2 heterocycles. The van der Waals surface area contributed by atoms with E-state index in [4.69, 9.17) is 0 Å². The van der Waals surface area contributed by atoms with Gasteiger partial charge < -0.3 is 4.74 Å². The van der Waals surface area contributed by atoms with Crippen molar-refractivity contribution in [2.45, 2.75) is 23.9 Å².